The van der Waals surface area contributed by atoms with Gasteiger partial charge in [0, 0.05) is 0 Å². The molecule has 0 spiro atoms. The highest BCUT2D eigenvalue weighted by atomic mass is 14.0. The monoisotopic (exact) mass is 162 g/mol. The van der Waals surface area contributed by atoms with Crippen LogP contribution in [0.5, 0.6) is 0 Å². The Morgan fingerprint density at radius 3 is 1.67 bits per heavy atom. The van der Waals surface area contributed by atoms with E-state index in [4.69, 9.17) is 0 Å². The van der Waals surface area contributed by atoms with Crippen LogP contribution in [0.25, 0.3) is 0 Å². The molecule has 0 amide bonds. The van der Waals surface area contributed by atoms with Crippen molar-refractivity contribution < 1.29 is 0 Å². The summed E-state index contributed by atoms with van der Waals surface area (Å²) in [6.45, 7) is 4.42. The first-order valence-corrected chi connectivity index (χ1v) is 4.78. The third-order valence-corrected chi connectivity index (χ3v) is 2.26. The maximum Gasteiger partial charge on any atom is -0.0320 e. The van der Waals surface area contributed by atoms with Gasteiger partial charge in [-0.3, -0.25) is 0 Å². The summed E-state index contributed by atoms with van der Waals surface area (Å²) in [5.41, 5.74) is 3.00. The molecule has 0 fully saturated rings. The zero-order chi connectivity index (χ0) is 8.81. The van der Waals surface area contributed by atoms with Crippen molar-refractivity contribution in [2.45, 2.75) is 39.5 Å². The van der Waals surface area contributed by atoms with Crippen molar-refractivity contribution in [2.24, 2.45) is 0 Å². The van der Waals surface area contributed by atoms with Gasteiger partial charge in [0.15, 0.2) is 0 Å². The third-order valence-electron chi connectivity index (χ3n) is 2.26. The van der Waals surface area contributed by atoms with Crippen molar-refractivity contribution in [1.82, 2.24) is 0 Å². The first kappa shape index (κ1) is 9.31. The number of rotatable bonds is 0. The lowest BCUT2D eigenvalue weighted by molar-refractivity contribution is 0.724. The molecule has 0 nitrogen and oxygen atoms in total. The van der Waals surface area contributed by atoms with Gasteiger partial charge in [-0.25, -0.2) is 0 Å². The molecule has 0 heterocycles. The van der Waals surface area contributed by atoms with E-state index in [0.717, 1.165) is 0 Å². The van der Waals surface area contributed by atoms with Crippen LogP contribution in [0.4, 0.5) is 0 Å². The fraction of sp³-hybridized carbons (Fsp3) is 0.500. The summed E-state index contributed by atoms with van der Waals surface area (Å²) in [6, 6.07) is 0. The minimum atomic E-state index is 1.26. The van der Waals surface area contributed by atoms with Crippen LogP contribution in [0.15, 0.2) is 35.5 Å². The Morgan fingerprint density at radius 1 is 0.833 bits per heavy atom. The van der Waals surface area contributed by atoms with Crippen LogP contribution in [0.3, 0.4) is 0 Å². The van der Waals surface area contributed by atoms with Gasteiger partial charge in [-0.2, -0.15) is 0 Å². The molecule has 0 atom stereocenters. The molecule has 66 valence electrons. The van der Waals surface area contributed by atoms with Crippen molar-refractivity contribution in [3.05, 3.63) is 35.5 Å². The normalized spacial score (nSPS) is 31.2. The number of hydrogen-bond acceptors (Lipinski definition) is 0. The summed E-state index contributed by atoms with van der Waals surface area (Å²) < 4.78 is 0. The van der Waals surface area contributed by atoms with Crippen molar-refractivity contribution in [3.63, 3.8) is 0 Å². The third kappa shape index (κ3) is 3.56. The van der Waals surface area contributed by atoms with Crippen LogP contribution < -0.4 is 0 Å². The molecule has 0 aliphatic heterocycles. The lowest BCUT2D eigenvalue weighted by atomic mass is 10.0. The Kier molecular flexibility index (Phi) is 3.86. The SMILES string of the molecule is C/C1=C/C=C\C=C(/C)CCCC1. The van der Waals surface area contributed by atoms with E-state index in [1.54, 1.807) is 0 Å². The number of allylic oxidation sites excluding steroid dienone is 6. The molecule has 1 aliphatic rings. The lowest BCUT2D eigenvalue weighted by Crippen LogP contribution is -1.83. The molecular formula is C12H18. The first-order chi connectivity index (χ1) is 5.79. The van der Waals surface area contributed by atoms with Crippen LogP contribution in [0, 0.1) is 0 Å². The molecule has 1 aliphatic carbocycles. The molecule has 0 heteroatoms. The first-order valence-electron chi connectivity index (χ1n) is 4.78. The summed E-state index contributed by atoms with van der Waals surface area (Å²) in [5.74, 6) is 0. The van der Waals surface area contributed by atoms with Crippen molar-refractivity contribution in [3.8, 4) is 0 Å². The van der Waals surface area contributed by atoms with Gasteiger partial charge >= 0.3 is 0 Å². The smallest absolute Gasteiger partial charge is 0.0320 e. The Hall–Kier alpha value is -0.780. The minimum absolute atomic E-state index is 1.26. The van der Waals surface area contributed by atoms with Gasteiger partial charge in [-0.1, -0.05) is 35.5 Å². The van der Waals surface area contributed by atoms with E-state index in [9.17, 15) is 0 Å². The summed E-state index contributed by atoms with van der Waals surface area (Å²) in [5, 5.41) is 0. The Balaban J connectivity index is 2.62. The second-order valence-corrected chi connectivity index (χ2v) is 3.62. The average Bonchev–Trinajstić information content (AvgIpc) is 2.06. The molecule has 0 aromatic rings. The molecule has 1 rings (SSSR count). The zero-order valence-electron chi connectivity index (χ0n) is 8.14. The van der Waals surface area contributed by atoms with Gasteiger partial charge in [0.05, 0.1) is 0 Å². The predicted molar refractivity (Wildman–Crippen MR) is 55.1 cm³/mol. The molecular weight excluding hydrogens is 144 g/mol. The van der Waals surface area contributed by atoms with Crippen LogP contribution >= 0.6 is 0 Å². The Labute approximate surface area is 75.7 Å². The topological polar surface area (TPSA) is 0 Å². The highest BCUT2D eigenvalue weighted by Gasteiger charge is 1.93. The van der Waals surface area contributed by atoms with Crippen LogP contribution in [0.2, 0.25) is 0 Å². The van der Waals surface area contributed by atoms with Crippen LogP contribution in [-0.2, 0) is 0 Å². The van der Waals surface area contributed by atoms with Gasteiger partial charge in [0.25, 0.3) is 0 Å². The van der Waals surface area contributed by atoms with E-state index in [2.05, 4.69) is 38.2 Å². The molecule has 0 N–H and O–H groups in total. The molecule has 0 aromatic carbocycles. The molecule has 0 aromatic heterocycles. The average molecular weight is 162 g/mol. The highest BCUT2D eigenvalue weighted by Crippen LogP contribution is 2.13. The molecule has 0 bridgehead atoms. The van der Waals surface area contributed by atoms with Gasteiger partial charge in [0.1, 0.15) is 0 Å². The molecule has 0 saturated carbocycles. The quantitative estimate of drug-likeness (QED) is 0.505. The lowest BCUT2D eigenvalue weighted by Gasteiger charge is -2.03. The fourth-order valence-electron chi connectivity index (χ4n) is 1.41. The second-order valence-electron chi connectivity index (χ2n) is 3.62. The van der Waals surface area contributed by atoms with E-state index in [1.165, 1.54) is 36.8 Å². The van der Waals surface area contributed by atoms with E-state index in [1.807, 2.05) is 0 Å². The largest absolute Gasteiger partial charge is 0.0733 e. The van der Waals surface area contributed by atoms with E-state index in [0.29, 0.717) is 0 Å². The minimum Gasteiger partial charge on any atom is -0.0733 e. The molecule has 0 radical (unpaired) electrons. The summed E-state index contributed by atoms with van der Waals surface area (Å²) in [6.07, 6.45) is 13.9. The zero-order valence-corrected chi connectivity index (χ0v) is 8.14. The van der Waals surface area contributed by atoms with Gasteiger partial charge in [-0.15, -0.1) is 0 Å². The van der Waals surface area contributed by atoms with Gasteiger partial charge in [0.2, 0.25) is 0 Å². The van der Waals surface area contributed by atoms with Crippen molar-refractivity contribution in [2.75, 3.05) is 0 Å². The maximum absolute atomic E-state index is 2.22. The van der Waals surface area contributed by atoms with Crippen LogP contribution in [0.1, 0.15) is 39.5 Å². The standard InChI is InChI=1S/C12H18/c1-11-7-3-5-9-12(2)10-6-4-8-11/h3,5,7,9H,4,6,8,10H2,1-2H3/b5-3-,11-7-,12-9+. The van der Waals surface area contributed by atoms with E-state index < -0.39 is 0 Å². The summed E-state index contributed by atoms with van der Waals surface area (Å²) >= 11 is 0. The Bertz CT molecular complexity index is 192. The van der Waals surface area contributed by atoms with Crippen LogP contribution in [-0.4, -0.2) is 0 Å². The van der Waals surface area contributed by atoms with E-state index in [-0.39, 0.29) is 0 Å². The highest BCUT2D eigenvalue weighted by molar-refractivity contribution is 5.18. The summed E-state index contributed by atoms with van der Waals surface area (Å²) in [7, 11) is 0. The Morgan fingerprint density at radius 2 is 1.25 bits per heavy atom. The van der Waals surface area contributed by atoms with Gasteiger partial charge < -0.3 is 0 Å². The maximum atomic E-state index is 2.22. The van der Waals surface area contributed by atoms with E-state index >= 15 is 0 Å². The molecule has 12 heavy (non-hydrogen) atoms. The fourth-order valence-corrected chi connectivity index (χ4v) is 1.41. The molecule has 0 saturated heterocycles. The van der Waals surface area contributed by atoms with Crippen molar-refractivity contribution in [1.29, 1.82) is 0 Å². The van der Waals surface area contributed by atoms with Gasteiger partial charge in [-0.05, 0) is 39.5 Å². The number of hydrogen-bond donors (Lipinski definition) is 0. The van der Waals surface area contributed by atoms with Crippen molar-refractivity contribution >= 4 is 0 Å². The molecule has 0 unspecified atom stereocenters. The second kappa shape index (κ2) is 4.97. The summed E-state index contributed by atoms with van der Waals surface area (Å²) in [4.78, 5) is 0. The predicted octanol–water partition coefficient (Wildman–Crippen LogP) is 4.01.